The SMILES string of the molecule is CCCC(C)C(NN)C1(OCC)CCC(C)(C)CC1. The third-order valence-electron chi connectivity index (χ3n) is 4.94. The molecule has 1 aliphatic rings. The third kappa shape index (κ3) is 4.17. The van der Waals surface area contributed by atoms with Gasteiger partial charge in [0.2, 0.25) is 0 Å². The molecule has 3 N–H and O–H groups in total. The van der Waals surface area contributed by atoms with E-state index in [9.17, 15) is 0 Å². The van der Waals surface area contributed by atoms with Crippen LogP contribution in [0.3, 0.4) is 0 Å². The Balaban J connectivity index is 2.85. The van der Waals surface area contributed by atoms with Crippen LogP contribution in [0.25, 0.3) is 0 Å². The molecule has 1 fully saturated rings. The van der Waals surface area contributed by atoms with E-state index in [0.717, 1.165) is 19.4 Å². The zero-order valence-corrected chi connectivity index (χ0v) is 13.6. The van der Waals surface area contributed by atoms with Crippen LogP contribution in [0.2, 0.25) is 0 Å². The second kappa shape index (κ2) is 7.05. The van der Waals surface area contributed by atoms with E-state index in [1.165, 1.54) is 25.7 Å². The number of rotatable bonds is 7. The summed E-state index contributed by atoms with van der Waals surface area (Å²) in [6.45, 7) is 12.1. The Labute approximate surface area is 119 Å². The lowest BCUT2D eigenvalue weighted by Crippen LogP contribution is -2.59. The van der Waals surface area contributed by atoms with E-state index in [1.807, 2.05) is 0 Å². The molecule has 0 aromatic rings. The molecule has 3 nitrogen and oxygen atoms in total. The standard InChI is InChI=1S/C16H34N2O/c1-6-8-13(3)14(18-17)16(19-7-2)11-9-15(4,5)10-12-16/h13-14,18H,6-12,17H2,1-5H3. The Hall–Kier alpha value is -0.120. The molecule has 0 heterocycles. The van der Waals surface area contributed by atoms with E-state index < -0.39 is 0 Å². The molecule has 2 unspecified atom stereocenters. The second-order valence-corrected chi connectivity index (χ2v) is 7.07. The summed E-state index contributed by atoms with van der Waals surface area (Å²) < 4.78 is 6.24. The summed E-state index contributed by atoms with van der Waals surface area (Å²) in [5.74, 6) is 6.45. The van der Waals surface area contributed by atoms with E-state index in [1.54, 1.807) is 0 Å². The quantitative estimate of drug-likeness (QED) is 0.548. The number of hydrogen-bond acceptors (Lipinski definition) is 3. The molecule has 1 rings (SSSR count). The zero-order valence-electron chi connectivity index (χ0n) is 13.6. The van der Waals surface area contributed by atoms with Crippen molar-refractivity contribution in [1.29, 1.82) is 0 Å². The third-order valence-corrected chi connectivity index (χ3v) is 4.94. The van der Waals surface area contributed by atoms with Gasteiger partial charge in [0.15, 0.2) is 0 Å². The predicted octanol–water partition coefficient (Wildman–Crippen LogP) is 3.63. The molecule has 0 saturated heterocycles. The Morgan fingerprint density at radius 3 is 2.16 bits per heavy atom. The van der Waals surface area contributed by atoms with Crippen LogP contribution in [-0.4, -0.2) is 18.2 Å². The van der Waals surface area contributed by atoms with Crippen molar-refractivity contribution < 1.29 is 4.74 Å². The fourth-order valence-electron chi connectivity index (χ4n) is 3.64. The molecule has 0 aromatic heterocycles. The van der Waals surface area contributed by atoms with Crippen molar-refractivity contribution in [2.75, 3.05) is 6.61 Å². The van der Waals surface area contributed by atoms with Crippen LogP contribution >= 0.6 is 0 Å². The van der Waals surface area contributed by atoms with E-state index in [2.05, 4.69) is 40.0 Å². The summed E-state index contributed by atoms with van der Waals surface area (Å²) in [6, 6.07) is 0.267. The molecule has 3 heteroatoms. The average Bonchev–Trinajstić information content (AvgIpc) is 2.34. The molecule has 0 bridgehead atoms. The molecular formula is C16H34N2O. The molecule has 114 valence electrons. The summed E-state index contributed by atoms with van der Waals surface area (Å²) in [7, 11) is 0. The van der Waals surface area contributed by atoms with Gasteiger partial charge in [-0.1, -0.05) is 34.1 Å². The van der Waals surface area contributed by atoms with Crippen molar-refractivity contribution in [1.82, 2.24) is 5.43 Å². The van der Waals surface area contributed by atoms with Crippen LogP contribution < -0.4 is 11.3 Å². The molecule has 0 aliphatic heterocycles. The van der Waals surface area contributed by atoms with Crippen LogP contribution in [-0.2, 0) is 4.74 Å². The van der Waals surface area contributed by atoms with Gasteiger partial charge < -0.3 is 4.74 Å². The first-order valence-corrected chi connectivity index (χ1v) is 8.01. The lowest BCUT2D eigenvalue weighted by Gasteiger charge is -2.49. The number of hydrazine groups is 1. The first-order chi connectivity index (χ1) is 8.90. The highest BCUT2D eigenvalue weighted by Gasteiger charge is 2.46. The first-order valence-electron chi connectivity index (χ1n) is 8.01. The van der Waals surface area contributed by atoms with Crippen molar-refractivity contribution in [3.05, 3.63) is 0 Å². The minimum atomic E-state index is -0.0619. The maximum Gasteiger partial charge on any atom is 0.0851 e. The number of hydrogen-bond donors (Lipinski definition) is 2. The highest BCUT2D eigenvalue weighted by Crippen LogP contribution is 2.45. The molecule has 19 heavy (non-hydrogen) atoms. The molecule has 2 atom stereocenters. The van der Waals surface area contributed by atoms with Crippen LogP contribution in [0.5, 0.6) is 0 Å². The summed E-state index contributed by atoms with van der Waals surface area (Å²) in [5.41, 5.74) is 3.47. The molecule has 1 aliphatic carbocycles. The average molecular weight is 270 g/mol. The van der Waals surface area contributed by atoms with Crippen LogP contribution in [0.15, 0.2) is 0 Å². The van der Waals surface area contributed by atoms with Gasteiger partial charge in [0, 0.05) is 6.61 Å². The number of nitrogens with one attached hydrogen (secondary N) is 1. The van der Waals surface area contributed by atoms with Gasteiger partial charge in [-0.3, -0.25) is 11.3 Å². The minimum Gasteiger partial charge on any atom is -0.374 e. The van der Waals surface area contributed by atoms with Crippen molar-refractivity contribution >= 4 is 0 Å². The van der Waals surface area contributed by atoms with Gasteiger partial charge in [0.05, 0.1) is 11.6 Å². The molecular weight excluding hydrogens is 236 g/mol. The maximum atomic E-state index is 6.24. The number of ether oxygens (including phenoxy) is 1. The van der Waals surface area contributed by atoms with Crippen LogP contribution in [0, 0.1) is 11.3 Å². The Kier molecular flexibility index (Phi) is 6.28. The van der Waals surface area contributed by atoms with E-state index in [0.29, 0.717) is 11.3 Å². The number of nitrogens with two attached hydrogens (primary N) is 1. The van der Waals surface area contributed by atoms with E-state index in [-0.39, 0.29) is 11.6 Å². The van der Waals surface area contributed by atoms with Gasteiger partial charge in [-0.15, -0.1) is 0 Å². The van der Waals surface area contributed by atoms with Gasteiger partial charge in [-0.05, 0) is 50.4 Å². The minimum absolute atomic E-state index is 0.0619. The van der Waals surface area contributed by atoms with Gasteiger partial charge in [0.1, 0.15) is 0 Å². The molecule has 0 radical (unpaired) electrons. The fraction of sp³-hybridized carbons (Fsp3) is 1.00. The van der Waals surface area contributed by atoms with E-state index >= 15 is 0 Å². The van der Waals surface area contributed by atoms with Crippen LogP contribution in [0.1, 0.15) is 73.1 Å². The Morgan fingerprint density at radius 2 is 1.74 bits per heavy atom. The molecule has 0 spiro atoms. The fourth-order valence-corrected chi connectivity index (χ4v) is 3.64. The smallest absolute Gasteiger partial charge is 0.0851 e. The van der Waals surface area contributed by atoms with Gasteiger partial charge in [-0.25, -0.2) is 0 Å². The molecule has 0 aromatic carbocycles. The van der Waals surface area contributed by atoms with Gasteiger partial charge in [0.25, 0.3) is 0 Å². The van der Waals surface area contributed by atoms with E-state index in [4.69, 9.17) is 10.6 Å². The maximum absolute atomic E-state index is 6.24. The Bertz CT molecular complexity index is 255. The topological polar surface area (TPSA) is 47.3 Å². The summed E-state index contributed by atoms with van der Waals surface area (Å²) in [6.07, 6.45) is 7.10. The first kappa shape index (κ1) is 16.9. The lowest BCUT2D eigenvalue weighted by molar-refractivity contribution is -0.117. The molecule has 1 saturated carbocycles. The summed E-state index contributed by atoms with van der Waals surface area (Å²) in [5, 5.41) is 0. The van der Waals surface area contributed by atoms with Gasteiger partial charge in [-0.2, -0.15) is 0 Å². The normalized spacial score (nSPS) is 24.9. The highest BCUT2D eigenvalue weighted by atomic mass is 16.5. The second-order valence-electron chi connectivity index (χ2n) is 7.07. The zero-order chi connectivity index (χ0) is 14.5. The predicted molar refractivity (Wildman–Crippen MR) is 81.8 cm³/mol. The van der Waals surface area contributed by atoms with Crippen molar-refractivity contribution in [2.45, 2.75) is 84.8 Å². The van der Waals surface area contributed by atoms with Crippen LogP contribution in [0.4, 0.5) is 0 Å². The highest BCUT2D eigenvalue weighted by molar-refractivity contribution is 5.00. The van der Waals surface area contributed by atoms with Crippen molar-refractivity contribution in [2.24, 2.45) is 17.2 Å². The molecule has 0 amide bonds. The monoisotopic (exact) mass is 270 g/mol. The van der Waals surface area contributed by atoms with Crippen molar-refractivity contribution in [3.8, 4) is 0 Å². The summed E-state index contributed by atoms with van der Waals surface area (Å²) >= 11 is 0. The summed E-state index contributed by atoms with van der Waals surface area (Å²) in [4.78, 5) is 0. The largest absolute Gasteiger partial charge is 0.374 e. The Morgan fingerprint density at radius 1 is 1.16 bits per heavy atom. The van der Waals surface area contributed by atoms with Crippen molar-refractivity contribution in [3.63, 3.8) is 0 Å². The lowest BCUT2D eigenvalue weighted by atomic mass is 9.66. The van der Waals surface area contributed by atoms with Gasteiger partial charge >= 0.3 is 0 Å².